The highest BCUT2D eigenvalue weighted by atomic mass is 32.2. The number of carbonyl (C=O) groups is 1. The Balaban J connectivity index is 2.07. The van der Waals surface area contributed by atoms with Crippen LogP contribution in [0.3, 0.4) is 0 Å². The lowest BCUT2D eigenvalue weighted by atomic mass is 9.97. The number of nitrogens with zero attached hydrogens (tertiary/aromatic N) is 3. The topological polar surface area (TPSA) is 84.3 Å². The lowest BCUT2D eigenvalue weighted by molar-refractivity contribution is -0.125. The predicted octanol–water partition coefficient (Wildman–Crippen LogP) is 0.0497. The molecular formula is C12H20N4O3S. The molecule has 1 amide bonds. The molecule has 0 saturated carbocycles. The van der Waals surface area contributed by atoms with Gasteiger partial charge in [0.15, 0.2) is 0 Å². The summed E-state index contributed by atoms with van der Waals surface area (Å²) in [6.45, 7) is 3.28. The minimum atomic E-state index is -3.49. The van der Waals surface area contributed by atoms with E-state index in [0.717, 1.165) is 0 Å². The Bertz CT molecular complexity index is 573. The highest BCUT2D eigenvalue weighted by Gasteiger charge is 2.32. The number of sulfonamides is 1. The lowest BCUT2D eigenvalue weighted by Crippen LogP contribution is -2.42. The molecule has 0 radical (unpaired) electrons. The van der Waals surface area contributed by atoms with Crippen LogP contribution >= 0.6 is 0 Å². The number of amides is 1. The van der Waals surface area contributed by atoms with Gasteiger partial charge in [0, 0.05) is 38.8 Å². The van der Waals surface area contributed by atoms with Gasteiger partial charge in [-0.2, -0.15) is 9.40 Å². The van der Waals surface area contributed by atoms with Crippen molar-refractivity contribution in [3.63, 3.8) is 0 Å². The van der Waals surface area contributed by atoms with Gasteiger partial charge >= 0.3 is 0 Å². The monoisotopic (exact) mass is 300 g/mol. The van der Waals surface area contributed by atoms with E-state index in [9.17, 15) is 13.2 Å². The van der Waals surface area contributed by atoms with E-state index < -0.39 is 10.0 Å². The molecule has 1 aromatic heterocycles. The summed E-state index contributed by atoms with van der Waals surface area (Å²) in [7, 11) is -1.89. The Morgan fingerprint density at radius 2 is 2.10 bits per heavy atom. The van der Waals surface area contributed by atoms with Crippen LogP contribution in [-0.4, -0.2) is 48.5 Å². The molecule has 0 aromatic carbocycles. The van der Waals surface area contributed by atoms with Crippen molar-refractivity contribution in [3.8, 4) is 0 Å². The maximum absolute atomic E-state index is 12.4. The number of aryl methyl sites for hydroxylation is 1. The second-order valence-corrected chi connectivity index (χ2v) is 6.76. The first-order valence-electron chi connectivity index (χ1n) is 6.73. The molecule has 0 unspecified atom stereocenters. The number of rotatable bonds is 4. The average molecular weight is 300 g/mol. The maximum atomic E-state index is 12.4. The van der Waals surface area contributed by atoms with E-state index in [-0.39, 0.29) is 16.7 Å². The van der Waals surface area contributed by atoms with Gasteiger partial charge in [0.1, 0.15) is 4.90 Å². The molecule has 2 heterocycles. The zero-order valence-corrected chi connectivity index (χ0v) is 12.6. The molecule has 1 N–H and O–H groups in total. The van der Waals surface area contributed by atoms with Crippen molar-refractivity contribution in [2.45, 2.75) is 31.2 Å². The van der Waals surface area contributed by atoms with Gasteiger partial charge in [-0.3, -0.25) is 9.48 Å². The number of nitrogens with one attached hydrogen (secondary N) is 1. The third kappa shape index (κ3) is 2.85. The molecule has 0 aliphatic carbocycles. The predicted molar refractivity (Wildman–Crippen MR) is 73.5 cm³/mol. The van der Waals surface area contributed by atoms with Crippen molar-refractivity contribution < 1.29 is 13.2 Å². The van der Waals surface area contributed by atoms with Crippen molar-refractivity contribution in [3.05, 3.63) is 12.4 Å². The van der Waals surface area contributed by atoms with Crippen LogP contribution in [-0.2, 0) is 21.4 Å². The summed E-state index contributed by atoms with van der Waals surface area (Å²) < 4.78 is 27.9. The summed E-state index contributed by atoms with van der Waals surface area (Å²) in [5.74, 6) is -0.106. The minimum absolute atomic E-state index is 0.0131. The molecule has 1 saturated heterocycles. The smallest absolute Gasteiger partial charge is 0.246 e. The fourth-order valence-corrected chi connectivity index (χ4v) is 3.79. The third-order valence-electron chi connectivity index (χ3n) is 3.64. The van der Waals surface area contributed by atoms with Crippen molar-refractivity contribution in [2.75, 3.05) is 20.1 Å². The van der Waals surface area contributed by atoms with E-state index in [2.05, 4.69) is 10.4 Å². The Morgan fingerprint density at radius 1 is 1.45 bits per heavy atom. The molecule has 8 heteroatoms. The largest absolute Gasteiger partial charge is 0.359 e. The normalized spacial score (nSPS) is 18.1. The molecule has 1 aromatic rings. The highest BCUT2D eigenvalue weighted by Crippen LogP contribution is 2.23. The van der Waals surface area contributed by atoms with E-state index in [1.165, 1.54) is 10.5 Å². The van der Waals surface area contributed by atoms with Crippen LogP contribution in [0.5, 0.6) is 0 Å². The van der Waals surface area contributed by atoms with Gasteiger partial charge in [-0.05, 0) is 19.8 Å². The van der Waals surface area contributed by atoms with E-state index in [0.29, 0.717) is 32.5 Å². The molecule has 1 aliphatic rings. The lowest BCUT2D eigenvalue weighted by Gasteiger charge is -2.29. The van der Waals surface area contributed by atoms with Crippen molar-refractivity contribution in [2.24, 2.45) is 5.92 Å². The summed E-state index contributed by atoms with van der Waals surface area (Å²) in [5.41, 5.74) is 0. The molecule has 2 rings (SSSR count). The van der Waals surface area contributed by atoms with Crippen LogP contribution in [0.25, 0.3) is 0 Å². The van der Waals surface area contributed by atoms with E-state index in [1.807, 2.05) is 6.92 Å². The summed E-state index contributed by atoms with van der Waals surface area (Å²) in [4.78, 5) is 11.8. The second-order valence-electron chi connectivity index (χ2n) is 4.82. The number of hydrogen-bond acceptors (Lipinski definition) is 4. The zero-order chi connectivity index (χ0) is 14.8. The van der Waals surface area contributed by atoms with Crippen molar-refractivity contribution in [1.29, 1.82) is 0 Å². The van der Waals surface area contributed by atoms with Crippen LogP contribution in [0.15, 0.2) is 17.3 Å². The van der Waals surface area contributed by atoms with Gasteiger partial charge < -0.3 is 5.32 Å². The molecule has 1 aliphatic heterocycles. The number of carbonyl (C=O) groups excluding carboxylic acids is 1. The van der Waals surface area contributed by atoms with Gasteiger partial charge in [0.05, 0.1) is 6.20 Å². The summed E-state index contributed by atoms with van der Waals surface area (Å²) in [6, 6.07) is 0. The molecular weight excluding hydrogens is 280 g/mol. The third-order valence-corrected chi connectivity index (χ3v) is 5.49. The average Bonchev–Trinajstić information content (AvgIpc) is 2.96. The quantitative estimate of drug-likeness (QED) is 0.851. The van der Waals surface area contributed by atoms with Crippen molar-refractivity contribution >= 4 is 15.9 Å². The molecule has 20 heavy (non-hydrogen) atoms. The summed E-state index contributed by atoms with van der Waals surface area (Å²) in [5, 5.41) is 6.61. The van der Waals surface area contributed by atoms with Gasteiger partial charge in [-0.1, -0.05) is 0 Å². The van der Waals surface area contributed by atoms with Gasteiger partial charge in [0.2, 0.25) is 15.9 Å². The standard InChI is InChI=1S/C12H20N4O3S/c1-3-15-9-11(8-14-15)20(18,19)16-6-4-10(5-7-16)12(17)13-2/h8-10H,3-7H2,1-2H3,(H,13,17). The van der Waals surface area contributed by atoms with E-state index in [1.54, 1.807) is 17.9 Å². The fraction of sp³-hybridized carbons (Fsp3) is 0.667. The molecule has 7 nitrogen and oxygen atoms in total. The second kappa shape index (κ2) is 5.92. The molecule has 0 bridgehead atoms. The molecule has 112 valence electrons. The number of piperidine rings is 1. The summed E-state index contributed by atoms with van der Waals surface area (Å²) in [6.07, 6.45) is 4.03. The fourth-order valence-electron chi connectivity index (χ4n) is 2.36. The molecule has 0 spiro atoms. The van der Waals surface area contributed by atoms with Gasteiger partial charge in [-0.25, -0.2) is 8.42 Å². The molecule has 0 atom stereocenters. The Labute approximate surface area is 119 Å². The van der Waals surface area contributed by atoms with Crippen molar-refractivity contribution in [1.82, 2.24) is 19.4 Å². The number of hydrogen-bond donors (Lipinski definition) is 1. The van der Waals surface area contributed by atoms with Crippen LogP contribution in [0.2, 0.25) is 0 Å². The highest BCUT2D eigenvalue weighted by molar-refractivity contribution is 7.89. The van der Waals surface area contributed by atoms with Crippen LogP contribution < -0.4 is 5.32 Å². The molecule has 1 fully saturated rings. The van der Waals surface area contributed by atoms with E-state index in [4.69, 9.17) is 0 Å². The van der Waals surface area contributed by atoms with Crippen LogP contribution in [0.4, 0.5) is 0 Å². The first-order valence-corrected chi connectivity index (χ1v) is 8.17. The first-order chi connectivity index (χ1) is 9.48. The SMILES string of the molecule is CCn1cc(S(=O)(=O)N2CCC(C(=O)NC)CC2)cn1. The van der Waals surface area contributed by atoms with Crippen LogP contribution in [0, 0.1) is 5.92 Å². The van der Waals surface area contributed by atoms with Gasteiger partial charge in [-0.15, -0.1) is 0 Å². The Kier molecular flexibility index (Phi) is 4.44. The Hall–Kier alpha value is -1.41. The maximum Gasteiger partial charge on any atom is 0.246 e. The van der Waals surface area contributed by atoms with E-state index >= 15 is 0 Å². The Morgan fingerprint density at radius 3 is 2.60 bits per heavy atom. The van der Waals surface area contributed by atoms with Crippen LogP contribution in [0.1, 0.15) is 19.8 Å². The summed E-state index contributed by atoms with van der Waals surface area (Å²) >= 11 is 0. The number of aromatic nitrogens is 2. The zero-order valence-electron chi connectivity index (χ0n) is 11.7. The first kappa shape index (κ1) is 15.0. The minimum Gasteiger partial charge on any atom is -0.359 e. The van der Waals surface area contributed by atoms with Gasteiger partial charge in [0.25, 0.3) is 0 Å².